The van der Waals surface area contributed by atoms with E-state index in [4.69, 9.17) is 0 Å². The van der Waals surface area contributed by atoms with Gasteiger partial charge in [-0.15, -0.1) is 0 Å². The number of hydrogen-bond acceptors (Lipinski definition) is 2. The first kappa shape index (κ1) is 12.3. The Balaban J connectivity index is 2.97. The van der Waals surface area contributed by atoms with Crippen LogP contribution in [0, 0.1) is 0 Å². The van der Waals surface area contributed by atoms with Gasteiger partial charge in [-0.2, -0.15) is 12.6 Å². The molecular formula is C10H23NS. The van der Waals surface area contributed by atoms with E-state index < -0.39 is 0 Å². The van der Waals surface area contributed by atoms with Crippen molar-refractivity contribution in [1.29, 1.82) is 0 Å². The second-order valence-corrected chi connectivity index (χ2v) is 4.07. The highest BCUT2D eigenvalue weighted by Gasteiger charge is 1.99. The SMILES string of the molecule is CCCCNCCC(S)CCC. The van der Waals surface area contributed by atoms with Gasteiger partial charge in [0.2, 0.25) is 0 Å². The Hall–Kier alpha value is 0.310. The number of rotatable bonds is 8. The van der Waals surface area contributed by atoms with E-state index in [9.17, 15) is 0 Å². The summed E-state index contributed by atoms with van der Waals surface area (Å²) in [6, 6.07) is 0. The number of unbranched alkanes of at least 4 members (excludes halogenated alkanes) is 1. The van der Waals surface area contributed by atoms with Crippen LogP contribution in [0.15, 0.2) is 0 Å². The topological polar surface area (TPSA) is 12.0 Å². The number of thiol groups is 1. The smallest absolute Gasteiger partial charge is 0.00287 e. The van der Waals surface area contributed by atoms with E-state index in [1.54, 1.807) is 0 Å². The van der Waals surface area contributed by atoms with E-state index in [2.05, 4.69) is 31.8 Å². The van der Waals surface area contributed by atoms with Crippen LogP contribution >= 0.6 is 12.6 Å². The van der Waals surface area contributed by atoms with Gasteiger partial charge in [0.05, 0.1) is 0 Å². The van der Waals surface area contributed by atoms with Gasteiger partial charge >= 0.3 is 0 Å². The molecule has 0 saturated carbocycles. The summed E-state index contributed by atoms with van der Waals surface area (Å²) in [6.07, 6.45) is 6.29. The first-order valence-corrected chi connectivity index (χ1v) is 5.71. The predicted octanol–water partition coefficient (Wildman–Crippen LogP) is 2.86. The molecule has 1 N–H and O–H groups in total. The third-order valence-electron chi connectivity index (χ3n) is 1.98. The van der Waals surface area contributed by atoms with Crippen molar-refractivity contribution in [2.45, 2.75) is 51.2 Å². The summed E-state index contributed by atoms with van der Waals surface area (Å²) in [5.41, 5.74) is 0. The minimum absolute atomic E-state index is 0.601. The van der Waals surface area contributed by atoms with E-state index in [0.717, 1.165) is 6.54 Å². The zero-order chi connectivity index (χ0) is 9.23. The maximum Gasteiger partial charge on any atom is 0.00287 e. The lowest BCUT2D eigenvalue weighted by atomic mass is 10.2. The zero-order valence-electron chi connectivity index (χ0n) is 8.47. The van der Waals surface area contributed by atoms with Crippen LogP contribution in [-0.2, 0) is 0 Å². The van der Waals surface area contributed by atoms with Crippen molar-refractivity contribution in [3.05, 3.63) is 0 Å². The molecular weight excluding hydrogens is 166 g/mol. The summed E-state index contributed by atoms with van der Waals surface area (Å²) in [6.45, 7) is 6.74. The lowest BCUT2D eigenvalue weighted by Gasteiger charge is -2.09. The predicted molar refractivity (Wildman–Crippen MR) is 60.1 cm³/mol. The van der Waals surface area contributed by atoms with Gasteiger partial charge in [-0.25, -0.2) is 0 Å². The fraction of sp³-hybridized carbons (Fsp3) is 1.00. The van der Waals surface area contributed by atoms with Gasteiger partial charge in [-0.1, -0.05) is 26.7 Å². The quantitative estimate of drug-likeness (QED) is 0.442. The summed E-state index contributed by atoms with van der Waals surface area (Å²) in [5, 5.41) is 4.03. The Bertz CT molecular complexity index is 85.9. The molecule has 0 heterocycles. The van der Waals surface area contributed by atoms with Crippen LogP contribution in [0.4, 0.5) is 0 Å². The van der Waals surface area contributed by atoms with Gasteiger partial charge in [-0.05, 0) is 32.4 Å². The van der Waals surface area contributed by atoms with Gasteiger partial charge < -0.3 is 5.32 Å². The molecule has 1 atom stereocenters. The lowest BCUT2D eigenvalue weighted by molar-refractivity contribution is 0.592. The molecule has 0 aromatic carbocycles. The lowest BCUT2D eigenvalue weighted by Crippen LogP contribution is -2.19. The monoisotopic (exact) mass is 189 g/mol. The highest BCUT2D eigenvalue weighted by Crippen LogP contribution is 2.07. The van der Waals surface area contributed by atoms with Crippen LogP contribution in [0.5, 0.6) is 0 Å². The molecule has 0 aliphatic rings. The average molecular weight is 189 g/mol. The molecule has 2 heteroatoms. The second-order valence-electron chi connectivity index (χ2n) is 3.33. The van der Waals surface area contributed by atoms with Gasteiger partial charge in [0.15, 0.2) is 0 Å². The molecule has 0 radical (unpaired) electrons. The van der Waals surface area contributed by atoms with Crippen molar-refractivity contribution in [2.75, 3.05) is 13.1 Å². The Kier molecular flexibility index (Phi) is 9.64. The minimum atomic E-state index is 0.601. The Morgan fingerprint density at radius 3 is 2.42 bits per heavy atom. The largest absolute Gasteiger partial charge is 0.317 e. The molecule has 0 aromatic rings. The van der Waals surface area contributed by atoms with E-state index in [-0.39, 0.29) is 0 Å². The number of hydrogen-bond donors (Lipinski definition) is 2. The maximum atomic E-state index is 4.50. The second kappa shape index (κ2) is 9.40. The highest BCUT2D eigenvalue weighted by molar-refractivity contribution is 7.80. The summed E-state index contributed by atoms with van der Waals surface area (Å²) >= 11 is 4.50. The normalized spacial score (nSPS) is 13.2. The third-order valence-corrected chi connectivity index (χ3v) is 2.50. The molecule has 0 rings (SSSR count). The molecule has 0 amide bonds. The summed E-state index contributed by atoms with van der Waals surface area (Å²) < 4.78 is 0. The van der Waals surface area contributed by atoms with Crippen molar-refractivity contribution < 1.29 is 0 Å². The summed E-state index contributed by atoms with van der Waals surface area (Å²) in [5.74, 6) is 0. The first-order valence-electron chi connectivity index (χ1n) is 5.20. The Morgan fingerprint density at radius 2 is 1.83 bits per heavy atom. The van der Waals surface area contributed by atoms with Crippen LogP contribution in [0.25, 0.3) is 0 Å². The fourth-order valence-corrected chi connectivity index (χ4v) is 1.56. The molecule has 0 aromatic heterocycles. The molecule has 1 nitrogen and oxygen atoms in total. The summed E-state index contributed by atoms with van der Waals surface area (Å²) in [7, 11) is 0. The highest BCUT2D eigenvalue weighted by atomic mass is 32.1. The molecule has 0 aliphatic heterocycles. The standard InChI is InChI=1S/C10H23NS/c1-3-5-8-11-9-7-10(12)6-4-2/h10-12H,3-9H2,1-2H3. The molecule has 1 unspecified atom stereocenters. The molecule has 0 bridgehead atoms. The maximum absolute atomic E-state index is 4.50. The molecule has 0 spiro atoms. The van der Waals surface area contributed by atoms with Gasteiger partial charge in [0.25, 0.3) is 0 Å². The minimum Gasteiger partial charge on any atom is -0.317 e. The van der Waals surface area contributed by atoms with E-state index >= 15 is 0 Å². The summed E-state index contributed by atoms with van der Waals surface area (Å²) in [4.78, 5) is 0. The van der Waals surface area contributed by atoms with Crippen molar-refractivity contribution in [1.82, 2.24) is 5.32 Å². The van der Waals surface area contributed by atoms with Crippen LogP contribution in [0.3, 0.4) is 0 Å². The van der Waals surface area contributed by atoms with E-state index in [0.29, 0.717) is 5.25 Å². The Morgan fingerprint density at radius 1 is 1.08 bits per heavy atom. The van der Waals surface area contributed by atoms with Crippen molar-refractivity contribution in [2.24, 2.45) is 0 Å². The molecule has 74 valence electrons. The van der Waals surface area contributed by atoms with E-state index in [1.807, 2.05) is 0 Å². The van der Waals surface area contributed by atoms with E-state index in [1.165, 1.54) is 38.6 Å². The fourth-order valence-electron chi connectivity index (χ4n) is 1.17. The first-order chi connectivity index (χ1) is 5.81. The van der Waals surface area contributed by atoms with Gasteiger partial charge in [0.1, 0.15) is 0 Å². The molecule has 0 fully saturated rings. The zero-order valence-corrected chi connectivity index (χ0v) is 9.37. The van der Waals surface area contributed by atoms with Crippen LogP contribution in [0.2, 0.25) is 0 Å². The average Bonchev–Trinajstić information content (AvgIpc) is 2.05. The third kappa shape index (κ3) is 8.41. The van der Waals surface area contributed by atoms with Crippen molar-refractivity contribution in [3.8, 4) is 0 Å². The molecule has 0 saturated heterocycles. The van der Waals surface area contributed by atoms with Crippen LogP contribution < -0.4 is 5.32 Å². The Labute approximate surface area is 82.7 Å². The van der Waals surface area contributed by atoms with Gasteiger partial charge in [-0.3, -0.25) is 0 Å². The van der Waals surface area contributed by atoms with Crippen molar-refractivity contribution >= 4 is 12.6 Å². The number of nitrogens with one attached hydrogen (secondary N) is 1. The van der Waals surface area contributed by atoms with Crippen LogP contribution in [-0.4, -0.2) is 18.3 Å². The van der Waals surface area contributed by atoms with Crippen LogP contribution in [0.1, 0.15) is 46.0 Å². The molecule has 0 aliphatic carbocycles. The van der Waals surface area contributed by atoms with Gasteiger partial charge in [0, 0.05) is 5.25 Å². The van der Waals surface area contributed by atoms with Crippen molar-refractivity contribution in [3.63, 3.8) is 0 Å². The molecule has 12 heavy (non-hydrogen) atoms.